The van der Waals surface area contributed by atoms with Gasteiger partial charge in [-0.2, -0.15) is 0 Å². The van der Waals surface area contributed by atoms with Crippen LogP contribution >= 0.6 is 0 Å². The number of aromatic nitrogens is 2. The molecule has 2 N–H and O–H groups in total. The second-order valence-electron chi connectivity index (χ2n) is 11.2. The largest absolute Gasteiger partial charge is 0.494 e. The third kappa shape index (κ3) is 4.76. The summed E-state index contributed by atoms with van der Waals surface area (Å²) < 4.78 is 12.3. The Kier molecular flexibility index (Phi) is 6.96. The van der Waals surface area contributed by atoms with Crippen LogP contribution in [0.1, 0.15) is 66.3 Å². The minimum Gasteiger partial charge on any atom is -0.465 e. The fourth-order valence-electron chi connectivity index (χ4n) is 4.95. The van der Waals surface area contributed by atoms with Gasteiger partial charge in [0.1, 0.15) is 11.9 Å². The van der Waals surface area contributed by atoms with E-state index in [2.05, 4.69) is 9.97 Å². The van der Waals surface area contributed by atoms with Crippen molar-refractivity contribution in [1.82, 2.24) is 19.8 Å². The highest BCUT2D eigenvalue weighted by Gasteiger charge is 2.51. The van der Waals surface area contributed by atoms with Crippen molar-refractivity contribution in [3.05, 3.63) is 36.3 Å². The Hall–Kier alpha value is -2.85. The van der Waals surface area contributed by atoms with Crippen LogP contribution in [0.3, 0.4) is 0 Å². The summed E-state index contributed by atoms with van der Waals surface area (Å²) in [5.74, 6) is 0.392. The molecule has 0 unspecified atom stereocenters. The SMILES string of the molecule is CC(C)[C@@H](C(=O)N1CCC[C@H]1c1ncc(-c2ccc(B3OC(C)(C)C(C)(C)O3)cc2)[nH]1)N(C)C(=O)O. The van der Waals surface area contributed by atoms with Crippen molar-refractivity contribution in [2.45, 2.75) is 77.7 Å². The molecule has 0 bridgehead atoms. The van der Waals surface area contributed by atoms with Gasteiger partial charge in [-0.15, -0.1) is 0 Å². The van der Waals surface area contributed by atoms with Gasteiger partial charge in [0.25, 0.3) is 0 Å². The first kappa shape index (κ1) is 26.2. The lowest BCUT2D eigenvalue weighted by atomic mass is 9.79. The highest BCUT2D eigenvalue weighted by atomic mass is 16.7. The van der Waals surface area contributed by atoms with Crippen LogP contribution in [-0.2, 0) is 14.1 Å². The molecule has 194 valence electrons. The van der Waals surface area contributed by atoms with Crippen LogP contribution in [0.15, 0.2) is 30.5 Å². The van der Waals surface area contributed by atoms with Crippen molar-refractivity contribution in [2.75, 3.05) is 13.6 Å². The molecule has 4 rings (SSSR count). The lowest BCUT2D eigenvalue weighted by Crippen LogP contribution is -2.51. The maximum Gasteiger partial charge on any atom is 0.494 e. The molecule has 0 radical (unpaired) electrons. The molecule has 0 aliphatic carbocycles. The first-order chi connectivity index (χ1) is 16.8. The topological polar surface area (TPSA) is 108 Å². The summed E-state index contributed by atoms with van der Waals surface area (Å²) in [7, 11) is 1.03. The minimum atomic E-state index is -1.11. The van der Waals surface area contributed by atoms with Gasteiger partial charge in [0.15, 0.2) is 0 Å². The van der Waals surface area contributed by atoms with E-state index in [1.807, 2.05) is 65.8 Å². The zero-order valence-corrected chi connectivity index (χ0v) is 22.2. The first-order valence-corrected chi connectivity index (χ1v) is 12.6. The molecule has 3 heterocycles. The van der Waals surface area contributed by atoms with Crippen molar-refractivity contribution in [1.29, 1.82) is 0 Å². The molecule has 2 aliphatic rings. The van der Waals surface area contributed by atoms with Crippen LogP contribution < -0.4 is 5.46 Å². The molecule has 9 nitrogen and oxygen atoms in total. The molecule has 2 saturated heterocycles. The monoisotopic (exact) mass is 496 g/mol. The van der Waals surface area contributed by atoms with Crippen LogP contribution in [0, 0.1) is 5.92 Å². The molecular weight excluding hydrogens is 459 g/mol. The number of nitrogens with one attached hydrogen (secondary N) is 1. The van der Waals surface area contributed by atoms with E-state index < -0.39 is 30.5 Å². The van der Waals surface area contributed by atoms with E-state index >= 15 is 0 Å². The van der Waals surface area contributed by atoms with Crippen molar-refractivity contribution in [3.63, 3.8) is 0 Å². The van der Waals surface area contributed by atoms with E-state index in [-0.39, 0.29) is 17.9 Å². The normalized spacial score (nSPS) is 21.7. The summed E-state index contributed by atoms with van der Waals surface area (Å²) in [6.07, 6.45) is 2.29. The molecule has 2 aromatic rings. The van der Waals surface area contributed by atoms with Crippen molar-refractivity contribution >= 4 is 24.6 Å². The van der Waals surface area contributed by atoms with Crippen LogP contribution in [0.4, 0.5) is 4.79 Å². The standard InChI is InChI=1S/C26H37BN4O5/c1-16(2)21(30(7)24(33)34)23(32)31-14-8-9-20(31)22-28-15-19(29-22)17-10-12-18(13-11-17)27-35-25(3,4)26(5,6)36-27/h10-13,15-16,20-21H,8-9,14H2,1-7H3,(H,28,29)(H,33,34)/t20-,21-/m0/s1. The fourth-order valence-corrected chi connectivity index (χ4v) is 4.95. The highest BCUT2D eigenvalue weighted by molar-refractivity contribution is 6.62. The average Bonchev–Trinajstić information content (AvgIpc) is 3.51. The third-order valence-corrected chi connectivity index (χ3v) is 7.80. The molecule has 2 atom stereocenters. The first-order valence-electron chi connectivity index (χ1n) is 12.6. The van der Waals surface area contributed by atoms with E-state index in [1.54, 1.807) is 11.1 Å². The Labute approximate surface area is 213 Å². The lowest BCUT2D eigenvalue weighted by molar-refractivity contribution is -0.138. The van der Waals surface area contributed by atoms with Crippen LogP contribution in [0.25, 0.3) is 11.3 Å². The van der Waals surface area contributed by atoms with Gasteiger partial charge in [-0.3, -0.25) is 9.69 Å². The van der Waals surface area contributed by atoms with Gasteiger partial charge < -0.3 is 24.3 Å². The van der Waals surface area contributed by atoms with Gasteiger partial charge >= 0.3 is 13.2 Å². The molecule has 1 aromatic carbocycles. The number of nitrogens with zero attached hydrogens (tertiary/aromatic N) is 3. The van der Waals surface area contributed by atoms with Gasteiger partial charge in [-0.05, 0) is 57.5 Å². The Morgan fingerprint density at radius 3 is 2.33 bits per heavy atom. The second-order valence-corrected chi connectivity index (χ2v) is 11.2. The van der Waals surface area contributed by atoms with Gasteiger partial charge in [0, 0.05) is 13.6 Å². The van der Waals surface area contributed by atoms with Gasteiger partial charge in [-0.25, -0.2) is 9.78 Å². The molecule has 0 spiro atoms. The predicted molar refractivity (Wildman–Crippen MR) is 138 cm³/mol. The van der Waals surface area contributed by atoms with Crippen molar-refractivity contribution in [2.24, 2.45) is 5.92 Å². The number of amides is 2. The Balaban J connectivity index is 1.50. The number of likely N-dealkylation sites (N-methyl/N-ethyl adjacent to an activating group) is 1. The molecule has 2 aliphatic heterocycles. The number of hydrogen-bond acceptors (Lipinski definition) is 5. The van der Waals surface area contributed by atoms with Gasteiger partial charge in [0.05, 0.1) is 29.1 Å². The summed E-state index contributed by atoms with van der Waals surface area (Å²) in [4.78, 5) is 35.8. The van der Waals surface area contributed by atoms with Crippen molar-refractivity contribution < 1.29 is 24.0 Å². The maximum absolute atomic E-state index is 13.4. The number of aromatic amines is 1. The van der Waals surface area contributed by atoms with Gasteiger partial charge in [-0.1, -0.05) is 38.1 Å². The number of benzene rings is 1. The van der Waals surface area contributed by atoms with Crippen molar-refractivity contribution in [3.8, 4) is 11.3 Å². The number of rotatable bonds is 6. The minimum absolute atomic E-state index is 0.144. The molecular formula is C26H37BN4O5. The highest BCUT2D eigenvalue weighted by Crippen LogP contribution is 2.37. The molecule has 1 aromatic heterocycles. The summed E-state index contributed by atoms with van der Waals surface area (Å²) in [5, 5.41) is 9.47. The molecule has 36 heavy (non-hydrogen) atoms. The Morgan fingerprint density at radius 2 is 1.78 bits per heavy atom. The van der Waals surface area contributed by atoms with Gasteiger partial charge in [0.2, 0.25) is 5.91 Å². The van der Waals surface area contributed by atoms with Crippen LogP contribution in [-0.4, -0.2) is 74.8 Å². The summed E-state index contributed by atoms with van der Waals surface area (Å²) in [5.41, 5.74) is 1.98. The number of carboxylic acid groups (broad SMARTS) is 1. The van der Waals surface area contributed by atoms with E-state index in [4.69, 9.17) is 9.31 Å². The van der Waals surface area contributed by atoms with E-state index in [9.17, 15) is 14.7 Å². The number of hydrogen-bond donors (Lipinski definition) is 2. The summed E-state index contributed by atoms with van der Waals surface area (Å²) in [6, 6.07) is 7.06. The second kappa shape index (κ2) is 9.55. The molecule has 10 heteroatoms. The summed E-state index contributed by atoms with van der Waals surface area (Å²) in [6.45, 7) is 12.5. The van der Waals surface area contributed by atoms with Crippen LogP contribution in [0.2, 0.25) is 0 Å². The molecule has 2 fully saturated rings. The predicted octanol–water partition coefficient (Wildman–Crippen LogP) is 3.67. The Bertz CT molecular complexity index is 1100. The van der Waals surface area contributed by atoms with E-state index in [0.29, 0.717) is 12.4 Å². The fraction of sp³-hybridized carbons (Fsp3) is 0.577. The van der Waals surface area contributed by atoms with E-state index in [0.717, 1.165) is 34.5 Å². The maximum atomic E-state index is 13.4. The number of imidazole rings is 1. The summed E-state index contributed by atoms with van der Waals surface area (Å²) >= 11 is 0. The smallest absolute Gasteiger partial charge is 0.465 e. The molecule has 0 saturated carbocycles. The third-order valence-electron chi connectivity index (χ3n) is 7.80. The molecule has 2 amide bonds. The lowest BCUT2D eigenvalue weighted by Gasteiger charge is -2.33. The van der Waals surface area contributed by atoms with Crippen LogP contribution in [0.5, 0.6) is 0 Å². The quantitative estimate of drug-likeness (QED) is 0.591. The van der Waals surface area contributed by atoms with E-state index in [1.165, 1.54) is 7.05 Å². The number of H-pyrrole nitrogens is 1. The number of carbonyl (C=O) groups is 2. The Morgan fingerprint density at radius 1 is 1.17 bits per heavy atom. The number of carbonyl (C=O) groups excluding carboxylic acids is 1. The zero-order chi connectivity index (χ0) is 26.4. The number of likely N-dealkylation sites (tertiary alicyclic amines) is 1. The average molecular weight is 496 g/mol. The zero-order valence-electron chi connectivity index (χ0n) is 22.2.